The molecule has 0 atom stereocenters. The second-order valence-corrected chi connectivity index (χ2v) is 9.02. The standard InChI is InChI=1S/C26H25N5O3S/c1-5-16-10-11-19-21(13-16)35-26(28-19)30-24-18(25(32)34-6-2)14-27-31(24)22-12-15(3)17-8-7-9-20(33-4)23(17)29-22/h7-14H,5-6H2,1-4H3,(H,28,30). The second-order valence-electron chi connectivity index (χ2n) is 7.99. The van der Waals surface area contributed by atoms with Crippen LogP contribution in [0.4, 0.5) is 10.9 Å². The van der Waals surface area contributed by atoms with Gasteiger partial charge in [0.15, 0.2) is 16.8 Å². The number of fused-ring (bicyclic) bond motifs is 2. The van der Waals surface area contributed by atoms with Gasteiger partial charge in [-0.15, -0.1) is 0 Å². The van der Waals surface area contributed by atoms with Crippen molar-refractivity contribution >= 4 is 49.4 Å². The summed E-state index contributed by atoms with van der Waals surface area (Å²) in [5.41, 5.74) is 4.17. The van der Waals surface area contributed by atoms with Crippen LogP contribution in [0.1, 0.15) is 35.3 Å². The van der Waals surface area contributed by atoms with Gasteiger partial charge in [-0.3, -0.25) is 0 Å². The quantitative estimate of drug-likeness (QED) is 0.289. The number of esters is 1. The number of aryl methyl sites for hydroxylation is 2. The first kappa shape index (κ1) is 22.8. The molecule has 0 bridgehead atoms. The summed E-state index contributed by atoms with van der Waals surface area (Å²) < 4.78 is 13.5. The first-order valence-corrected chi connectivity index (χ1v) is 12.2. The number of hydrogen-bond donors (Lipinski definition) is 1. The van der Waals surface area contributed by atoms with E-state index in [2.05, 4.69) is 29.5 Å². The van der Waals surface area contributed by atoms with Crippen LogP contribution < -0.4 is 10.1 Å². The molecular weight excluding hydrogens is 462 g/mol. The highest BCUT2D eigenvalue weighted by Gasteiger charge is 2.22. The molecule has 3 aromatic heterocycles. The van der Waals surface area contributed by atoms with E-state index in [-0.39, 0.29) is 6.61 Å². The molecule has 1 N–H and O–H groups in total. The number of aromatic nitrogens is 4. The molecule has 35 heavy (non-hydrogen) atoms. The van der Waals surface area contributed by atoms with Crippen LogP contribution in [-0.2, 0) is 11.2 Å². The Balaban J connectivity index is 1.65. The zero-order valence-electron chi connectivity index (χ0n) is 20.0. The van der Waals surface area contributed by atoms with Crippen molar-refractivity contribution in [2.75, 3.05) is 19.0 Å². The molecule has 0 saturated heterocycles. The summed E-state index contributed by atoms with van der Waals surface area (Å²) in [7, 11) is 1.62. The largest absolute Gasteiger partial charge is 0.494 e. The lowest BCUT2D eigenvalue weighted by Crippen LogP contribution is -2.10. The Bertz CT molecular complexity index is 1560. The molecular formula is C26H25N5O3S. The molecule has 5 aromatic rings. The Morgan fingerprint density at radius 3 is 2.77 bits per heavy atom. The van der Waals surface area contributed by atoms with Crippen molar-refractivity contribution in [2.24, 2.45) is 0 Å². The number of anilines is 2. The number of ether oxygens (including phenoxy) is 2. The third-order valence-electron chi connectivity index (χ3n) is 5.78. The minimum absolute atomic E-state index is 0.259. The predicted octanol–water partition coefficient (Wildman–Crippen LogP) is 5.83. The molecule has 178 valence electrons. The molecule has 9 heteroatoms. The Kier molecular flexibility index (Phi) is 6.08. The van der Waals surface area contributed by atoms with Crippen molar-refractivity contribution in [2.45, 2.75) is 27.2 Å². The fourth-order valence-electron chi connectivity index (χ4n) is 3.99. The van der Waals surface area contributed by atoms with Gasteiger partial charge >= 0.3 is 5.97 Å². The van der Waals surface area contributed by atoms with Crippen LogP contribution in [0.2, 0.25) is 0 Å². The van der Waals surface area contributed by atoms with Crippen LogP contribution in [0, 0.1) is 6.92 Å². The lowest BCUT2D eigenvalue weighted by atomic mass is 10.1. The Labute approximate surface area is 206 Å². The highest BCUT2D eigenvalue weighted by molar-refractivity contribution is 7.22. The first-order valence-electron chi connectivity index (χ1n) is 11.4. The van der Waals surface area contributed by atoms with E-state index in [0.717, 1.165) is 33.1 Å². The monoisotopic (exact) mass is 487 g/mol. The zero-order chi connectivity index (χ0) is 24.5. The second kappa shape index (κ2) is 9.34. The SMILES string of the molecule is CCOC(=O)c1cnn(-c2cc(C)c3cccc(OC)c3n2)c1Nc1nc2ccc(CC)cc2s1. The van der Waals surface area contributed by atoms with Gasteiger partial charge in [-0.25, -0.2) is 14.8 Å². The molecule has 5 rings (SSSR count). The number of thiazole rings is 1. The van der Waals surface area contributed by atoms with E-state index in [1.54, 1.807) is 18.7 Å². The van der Waals surface area contributed by atoms with Gasteiger partial charge < -0.3 is 14.8 Å². The van der Waals surface area contributed by atoms with Gasteiger partial charge in [0.25, 0.3) is 0 Å². The van der Waals surface area contributed by atoms with Crippen molar-refractivity contribution in [3.8, 4) is 11.6 Å². The maximum atomic E-state index is 12.8. The molecule has 0 unspecified atom stereocenters. The minimum atomic E-state index is -0.467. The normalized spacial score (nSPS) is 11.2. The zero-order valence-corrected chi connectivity index (χ0v) is 20.8. The van der Waals surface area contributed by atoms with Crippen LogP contribution in [0.3, 0.4) is 0 Å². The molecule has 2 aromatic carbocycles. The average Bonchev–Trinajstić information content (AvgIpc) is 3.47. The molecule has 0 amide bonds. The molecule has 0 spiro atoms. The van der Waals surface area contributed by atoms with E-state index in [9.17, 15) is 4.79 Å². The van der Waals surface area contributed by atoms with Crippen LogP contribution >= 0.6 is 11.3 Å². The number of carbonyl (C=O) groups is 1. The minimum Gasteiger partial charge on any atom is -0.494 e. The van der Waals surface area contributed by atoms with E-state index in [1.807, 2.05) is 37.3 Å². The van der Waals surface area contributed by atoms with E-state index >= 15 is 0 Å². The third kappa shape index (κ3) is 4.19. The van der Waals surface area contributed by atoms with Crippen LogP contribution in [0.5, 0.6) is 5.75 Å². The maximum Gasteiger partial charge on any atom is 0.343 e. The Morgan fingerprint density at radius 2 is 2.00 bits per heavy atom. The molecule has 0 aliphatic carbocycles. The van der Waals surface area contributed by atoms with E-state index < -0.39 is 5.97 Å². The maximum absolute atomic E-state index is 12.8. The van der Waals surface area contributed by atoms with Gasteiger partial charge in [-0.05, 0) is 55.7 Å². The Hall–Kier alpha value is -3.98. The highest BCUT2D eigenvalue weighted by atomic mass is 32.1. The summed E-state index contributed by atoms with van der Waals surface area (Å²) >= 11 is 1.52. The average molecular weight is 488 g/mol. The molecule has 3 heterocycles. The van der Waals surface area contributed by atoms with Gasteiger partial charge in [0.2, 0.25) is 0 Å². The number of benzene rings is 2. The first-order chi connectivity index (χ1) is 17.0. The molecule has 0 radical (unpaired) electrons. The number of pyridine rings is 1. The number of para-hydroxylation sites is 1. The lowest BCUT2D eigenvalue weighted by Gasteiger charge is -2.13. The number of rotatable bonds is 7. The van der Waals surface area contributed by atoms with Gasteiger partial charge in [-0.1, -0.05) is 36.5 Å². The summed E-state index contributed by atoms with van der Waals surface area (Å²) in [6, 6.07) is 14.0. The molecule has 0 fully saturated rings. The van der Waals surface area contributed by atoms with Crippen LogP contribution in [-0.4, -0.2) is 39.4 Å². The van der Waals surface area contributed by atoms with E-state index in [1.165, 1.54) is 23.1 Å². The van der Waals surface area contributed by atoms with Gasteiger partial charge in [-0.2, -0.15) is 9.78 Å². The third-order valence-corrected chi connectivity index (χ3v) is 6.72. The summed E-state index contributed by atoms with van der Waals surface area (Å²) in [6.07, 6.45) is 2.44. The smallest absolute Gasteiger partial charge is 0.343 e. The van der Waals surface area contributed by atoms with Crippen LogP contribution in [0.25, 0.3) is 26.9 Å². The summed E-state index contributed by atoms with van der Waals surface area (Å²) in [6.45, 7) is 6.16. The van der Waals surface area contributed by atoms with Crippen molar-refractivity contribution in [3.63, 3.8) is 0 Å². The Morgan fingerprint density at radius 1 is 1.14 bits per heavy atom. The molecule has 0 aliphatic heterocycles. The highest BCUT2D eigenvalue weighted by Crippen LogP contribution is 2.33. The molecule has 8 nitrogen and oxygen atoms in total. The van der Waals surface area contributed by atoms with E-state index in [0.29, 0.717) is 28.1 Å². The topological polar surface area (TPSA) is 91.2 Å². The van der Waals surface area contributed by atoms with Crippen molar-refractivity contribution in [1.82, 2.24) is 19.7 Å². The molecule has 0 saturated carbocycles. The summed E-state index contributed by atoms with van der Waals surface area (Å²) in [5.74, 6) is 1.19. The van der Waals surface area contributed by atoms with Crippen molar-refractivity contribution in [1.29, 1.82) is 0 Å². The van der Waals surface area contributed by atoms with Crippen LogP contribution in [0.15, 0.2) is 48.7 Å². The van der Waals surface area contributed by atoms with Gasteiger partial charge in [0, 0.05) is 5.39 Å². The number of methoxy groups -OCH3 is 1. The number of carbonyl (C=O) groups excluding carboxylic acids is 1. The van der Waals surface area contributed by atoms with Gasteiger partial charge in [0.05, 0.1) is 30.1 Å². The summed E-state index contributed by atoms with van der Waals surface area (Å²) in [4.78, 5) is 22.3. The number of hydrogen-bond acceptors (Lipinski definition) is 8. The summed E-state index contributed by atoms with van der Waals surface area (Å²) in [5, 5.41) is 9.45. The molecule has 0 aliphatic rings. The number of nitrogens with zero attached hydrogens (tertiary/aromatic N) is 4. The fraction of sp³-hybridized carbons (Fsp3) is 0.231. The number of nitrogens with one attached hydrogen (secondary N) is 1. The van der Waals surface area contributed by atoms with E-state index in [4.69, 9.17) is 19.4 Å². The predicted molar refractivity (Wildman–Crippen MR) is 138 cm³/mol. The van der Waals surface area contributed by atoms with Crippen molar-refractivity contribution in [3.05, 3.63) is 65.4 Å². The fourth-order valence-corrected chi connectivity index (χ4v) is 4.92. The lowest BCUT2D eigenvalue weighted by molar-refractivity contribution is 0.0527. The van der Waals surface area contributed by atoms with Crippen molar-refractivity contribution < 1.29 is 14.3 Å². The van der Waals surface area contributed by atoms with Gasteiger partial charge in [0.1, 0.15) is 16.8 Å².